The Morgan fingerprint density at radius 2 is 1.77 bits per heavy atom. The van der Waals surface area contributed by atoms with Crippen molar-refractivity contribution in [3.05, 3.63) is 22.7 Å². The van der Waals surface area contributed by atoms with Crippen LogP contribution < -0.4 is 4.90 Å². The fourth-order valence-electron chi connectivity index (χ4n) is 4.72. The lowest BCUT2D eigenvalue weighted by molar-refractivity contribution is 0.00430. The number of benzene rings is 1. The molecule has 2 fully saturated rings. The van der Waals surface area contributed by atoms with Crippen molar-refractivity contribution in [2.45, 2.75) is 44.4 Å². The standard InChI is InChI=1S/C22H33BrN4O2S/c1-21-9-10-22(21,2)17-26(16-21)18-7-8-20(19(23)15-18)30(28,29)27(13-5-11-24)14-6-12-25(3)4/h7-8,15H,5-6,9-10,12-14,16-17H2,1-4H3/t21-,22+. The van der Waals surface area contributed by atoms with Gasteiger partial charge in [0.15, 0.2) is 0 Å². The van der Waals surface area contributed by atoms with E-state index in [2.05, 4.69) is 40.7 Å². The lowest BCUT2D eigenvalue weighted by Crippen LogP contribution is -2.45. The maximum atomic E-state index is 13.3. The normalized spacial score (nSPS) is 26.0. The Morgan fingerprint density at radius 1 is 1.13 bits per heavy atom. The van der Waals surface area contributed by atoms with E-state index in [0.717, 1.165) is 31.7 Å². The van der Waals surface area contributed by atoms with Crippen molar-refractivity contribution in [1.82, 2.24) is 9.21 Å². The van der Waals surface area contributed by atoms with Crippen molar-refractivity contribution in [3.63, 3.8) is 0 Å². The monoisotopic (exact) mass is 496 g/mol. The zero-order valence-corrected chi connectivity index (χ0v) is 20.9. The minimum atomic E-state index is -3.68. The first-order valence-electron chi connectivity index (χ1n) is 10.6. The second-order valence-corrected chi connectivity index (χ2v) is 12.3. The molecule has 0 aromatic heterocycles. The van der Waals surface area contributed by atoms with E-state index >= 15 is 0 Å². The van der Waals surface area contributed by atoms with Crippen molar-refractivity contribution in [2.24, 2.45) is 10.8 Å². The van der Waals surface area contributed by atoms with E-state index in [1.54, 1.807) is 6.07 Å². The highest BCUT2D eigenvalue weighted by molar-refractivity contribution is 9.10. The molecule has 1 heterocycles. The minimum absolute atomic E-state index is 0.182. The summed E-state index contributed by atoms with van der Waals surface area (Å²) >= 11 is 3.52. The zero-order valence-electron chi connectivity index (χ0n) is 18.5. The Morgan fingerprint density at radius 3 is 2.27 bits per heavy atom. The van der Waals surface area contributed by atoms with Gasteiger partial charge in [-0.3, -0.25) is 0 Å². The summed E-state index contributed by atoms with van der Waals surface area (Å²) in [5.41, 5.74) is 1.77. The first-order valence-corrected chi connectivity index (χ1v) is 12.8. The second kappa shape index (κ2) is 8.78. The number of sulfonamides is 1. The molecule has 1 aromatic carbocycles. The molecule has 2 atom stereocenters. The summed E-state index contributed by atoms with van der Waals surface area (Å²) in [6, 6.07) is 7.65. The Labute approximate surface area is 190 Å². The summed E-state index contributed by atoms with van der Waals surface area (Å²) in [6.07, 6.45) is 3.42. The smallest absolute Gasteiger partial charge is 0.244 e. The number of rotatable bonds is 9. The highest BCUT2D eigenvalue weighted by atomic mass is 79.9. The molecule has 0 radical (unpaired) electrons. The Kier molecular flexibility index (Phi) is 6.88. The van der Waals surface area contributed by atoms with Crippen molar-refractivity contribution in [3.8, 4) is 6.07 Å². The summed E-state index contributed by atoms with van der Waals surface area (Å²) in [5, 5.41) is 8.97. The molecule has 0 N–H and O–H groups in total. The van der Waals surface area contributed by atoms with E-state index in [0.29, 0.717) is 21.8 Å². The zero-order chi connectivity index (χ0) is 22.2. The Bertz CT molecular complexity index is 912. The van der Waals surface area contributed by atoms with Gasteiger partial charge in [0.05, 0.1) is 11.0 Å². The van der Waals surface area contributed by atoms with Gasteiger partial charge in [0, 0.05) is 42.8 Å². The van der Waals surface area contributed by atoms with Crippen LogP contribution in [0.2, 0.25) is 0 Å². The van der Waals surface area contributed by atoms with Crippen LogP contribution in [-0.2, 0) is 10.0 Å². The number of fused-ring (bicyclic) bond motifs is 1. The van der Waals surface area contributed by atoms with Crippen LogP contribution in [0.15, 0.2) is 27.6 Å². The second-order valence-electron chi connectivity index (χ2n) is 9.56. The van der Waals surface area contributed by atoms with Gasteiger partial charge in [-0.05, 0) is 84.9 Å². The molecule has 0 unspecified atom stereocenters. The quantitative estimate of drug-likeness (QED) is 0.517. The molecule has 1 aliphatic carbocycles. The minimum Gasteiger partial charge on any atom is -0.370 e. The molecule has 1 saturated carbocycles. The van der Waals surface area contributed by atoms with E-state index in [4.69, 9.17) is 5.26 Å². The number of halogens is 1. The molecule has 2 aliphatic rings. The molecule has 1 aliphatic heterocycles. The maximum Gasteiger partial charge on any atom is 0.244 e. The van der Waals surface area contributed by atoms with E-state index in [-0.39, 0.29) is 17.9 Å². The SMILES string of the molecule is CN(C)CCCN(CCC#N)S(=O)(=O)c1ccc(N2C[C@]3(C)CC[C@]3(C)C2)cc1Br. The van der Waals surface area contributed by atoms with Crippen LogP contribution in [0.5, 0.6) is 0 Å². The molecule has 8 heteroatoms. The van der Waals surface area contributed by atoms with E-state index in [1.807, 2.05) is 31.1 Å². The summed E-state index contributed by atoms with van der Waals surface area (Å²) in [4.78, 5) is 4.69. The number of nitrogens with zero attached hydrogens (tertiary/aromatic N) is 4. The highest BCUT2D eigenvalue weighted by Gasteiger charge is 2.58. The molecular weight excluding hydrogens is 464 g/mol. The van der Waals surface area contributed by atoms with Gasteiger partial charge in [-0.1, -0.05) is 13.8 Å². The fraction of sp³-hybridized carbons (Fsp3) is 0.682. The molecule has 0 spiro atoms. The number of anilines is 1. The fourth-order valence-corrected chi connectivity index (χ4v) is 7.23. The van der Waals surface area contributed by atoms with Crippen LogP contribution in [0.1, 0.15) is 39.5 Å². The lowest BCUT2D eigenvalue weighted by atomic mass is 9.53. The van der Waals surface area contributed by atoms with Crippen LogP contribution in [0, 0.1) is 22.2 Å². The third kappa shape index (κ3) is 4.40. The lowest BCUT2D eigenvalue weighted by Gasteiger charge is -2.50. The van der Waals surface area contributed by atoms with E-state index < -0.39 is 10.0 Å². The van der Waals surface area contributed by atoms with Gasteiger partial charge in [-0.2, -0.15) is 9.57 Å². The Hall–Kier alpha value is -1.14. The molecule has 1 saturated heterocycles. The van der Waals surface area contributed by atoms with Gasteiger partial charge in [0.1, 0.15) is 0 Å². The van der Waals surface area contributed by atoms with Gasteiger partial charge in [-0.15, -0.1) is 0 Å². The number of nitriles is 1. The predicted octanol–water partition coefficient (Wildman–Crippen LogP) is 3.93. The third-order valence-electron chi connectivity index (χ3n) is 7.15. The number of hydrogen-bond acceptors (Lipinski definition) is 5. The molecule has 30 heavy (non-hydrogen) atoms. The summed E-state index contributed by atoms with van der Waals surface area (Å²) in [6.45, 7) is 8.17. The summed E-state index contributed by atoms with van der Waals surface area (Å²) in [7, 11) is 0.257. The summed E-state index contributed by atoms with van der Waals surface area (Å²) in [5.74, 6) is 0. The van der Waals surface area contributed by atoms with Gasteiger partial charge in [0.25, 0.3) is 0 Å². The van der Waals surface area contributed by atoms with Gasteiger partial charge >= 0.3 is 0 Å². The van der Waals surface area contributed by atoms with Gasteiger partial charge in [-0.25, -0.2) is 8.42 Å². The third-order valence-corrected chi connectivity index (χ3v) is 10.0. The summed E-state index contributed by atoms with van der Waals surface area (Å²) < 4.78 is 28.7. The van der Waals surface area contributed by atoms with E-state index in [9.17, 15) is 8.42 Å². The van der Waals surface area contributed by atoms with Crippen LogP contribution in [0.4, 0.5) is 5.69 Å². The van der Waals surface area contributed by atoms with Crippen LogP contribution >= 0.6 is 15.9 Å². The average Bonchev–Trinajstić information content (AvgIpc) is 2.85. The molecule has 0 bridgehead atoms. The van der Waals surface area contributed by atoms with Crippen molar-refractivity contribution < 1.29 is 8.42 Å². The number of hydrogen-bond donors (Lipinski definition) is 0. The van der Waals surface area contributed by atoms with Crippen LogP contribution in [0.25, 0.3) is 0 Å². The molecule has 0 amide bonds. The first-order chi connectivity index (χ1) is 14.0. The molecule has 6 nitrogen and oxygen atoms in total. The van der Waals surface area contributed by atoms with Gasteiger partial charge in [0.2, 0.25) is 10.0 Å². The first kappa shape index (κ1) is 23.5. The topological polar surface area (TPSA) is 67.6 Å². The van der Waals surface area contributed by atoms with Crippen LogP contribution in [-0.4, -0.2) is 64.4 Å². The average molecular weight is 498 g/mol. The molecule has 166 valence electrons. The predicted molar refractivity (Wildman–Crippen MR) is 124 cm³/mol. The maximum absolute atomic E-state index is 13.3. The molecule has 3 rings (SSSR count). The Balaban J connectivity index is 1.80. The van der Waals surface area contributed by atoms with Crippen molar-refractivity contribution in [2.75, 3.05) is 51.7 Å². The molecular formula is C22H33BrN4O2S. The van der Waals surface area contributed by atoms with Crippen LogP contribution in [0.3, 0.4) is 0 Å². The van der Waals surface area contributed by atoms with Crippen molar-refractivity contribution in [1.29, 1.82) is 5.26 Å². The largest absolute Gasteiger partial charge is 0.370 e. The van der Waals surface area contributed by atoms with Gasteiger partial charge < -0.3 is 9.80 Å². The molecule has 1 aromatic rings. The highest BCUT2D eigenvalue weighted by Crippen LogP contribution is 2.61. The van der Waals surface area contributed by atoms with E-state index in [1.165, 1.54) is 17.1 Å². The van der Waals surface area contributed by atoms with Crippen molar-refractivity contribution >= 4 is 31.6 Å².